The van der Waals surface area contributed by atoms with Crippen LogP contribution in [0.4, 0.5) is 0 Å². The van der Waals surface area contributed by atoms with Gasteiger partial charge in [0.15, 0.2) is 0 Å². The van der Waals surface area contributed by atoms with Crippen molar-refractivity contribution in [2.75, 3.05) is 13.2 Å². The van der Waals surface area contributed by atoms with Gasteiger partial charge in [0.25, 0.3) is 0 Å². The van der Waals surface area contributed by atoms with Crippen LogP contribution in [-0.4, -0.2) is 18.7 Å². The van der Waals surface area contributed by atoms with Gasteiger partial charge < -0.3 is 10.2 Å². The Balaban J connectivity index is 0.000000360. The van der Waals surface area contributed by atoms with Crippen molar-refractivity contribution in [3.8, 4) is 0 Å². The van der Waals surface area contributed by atoms with Crippen LogP contribution in [0, 0.1) is 5.92 Å². The molecule has 0 aromatic heterocycles. The monoisotopic (exact) mass is 104 g/mol. The van der Waals surface area contributed by atoms with E-state index in [1.54, 1.807) is 0 Å². The first-order valence-electron chi connectivity index (χ1n) is 2.47. The fourth-order valence-corrected chi connectivity index (χ4v) is 0.652. The van der Waals surface area contributed by atoms with Crippen molar-refractivity contribution >= 4 is 0 Å². The standard InChI is InChI=1S/C5H10O.H2O/c1-5-2-3-6-4-5;/h5H,2-4H2,1H3;1H2. The fourth-order valence-electron chi connectivity index (χ4n) is 0.652. The molecule has 0 spiro atoms. The predicted molar refractivity (Wildman–Crippen MR) is 28.2 cm³/mol. The van der Waals surface area contributed by atoms with Crippen LogP contribution in [0.1, 0.15) is 13.3 Å². The number of hydrogen-bond donors (Lipinski definition) is 0. The van der Waals surface area contributed by atoms with Crippen LogP contribution in [0.5, 0.6) is 0 Å². The van der Waals surface area contributed by atoms with Gasteiger partial charge in [-0.1, -0.05) is 6.92 Å². The van der Waals surface area contributed by atoms with Crippen molar-refractivity contribution in [3.05, 3.63) is 0 Å². The lowest BCUT2D eigenvalue weighted by Gasteiger charge is -1.89. The van der Waals surface area contributed by atoms with Gasteiger partial charge in [-0.05, 0) is 12.3 Å². The van der Waals surface area contributed by atoms with Crippen LogP contribution in [0.3, 0.4) is 0 Å². The SMILES string of the molecule is CC1CCOC1.O. The van der Waals surface area contributed by atoms with E-state index in [1.165, 1.54) is 6.42 Å². The molecule has 1 fully saturated rings. The Morgan fingerprint density at radius 2 is 2.29 bits per heavy atom. The molecule has 2 heteroatoms. The minimum atomic E-state index is 0. The summed E-state index contributed by atoms with van der Waals surface area (Å²) in [4.78, 5) is 0. The van der Waals surface area contributed by atoms with Crippen molar-refractivity contribution < 1.29 is 10.2 Å². The van der Waals surface area contributed by atoms with Crippen molar-refractivity contribution in [3.63, 3.8) is 0 Å². The molecule has 1 aliphatic rings. The van der Waals surface area contributed by atoms with E-state index in [4.69, 9.17) is 4.74 Å². The lowest BCUT2D eigenvalue weighted by Crippen LogP contribution is -1.88. The van der Waals surface area contributed by atoms with E-state index in [0.29, 0.717) is 0 Å². The van der Waals surface area contributed by atoms with Crippen molar-refractivity contribution in [2.45, 2.75) is 13.3 Å². The number of ether oxygens (including phenoxy) is 1. The summed E-state index contributed by atoms with van der Waals surface area (Å²) in [6.45, 7) is 4.19. The predicted octanol–water partition coefficient (Wildman–Crippen LogP) is 0.218. The minimum absolute atomic E-state index is 0. The van der Waals surface area contributed by atoms with Crippen molar-refractivity contribution in [2.24, 2.45) is 5.92 Å². The average molecular weight is 104 g/mol. The number of rotatable bonds is 0. The van der Waals surface area contributed by atoms with E-state index in [-0.39, 0.29) is 5.48 Å². The maximum atomic E-state index is 5.06. The van der Waals surface area contributed by atoms with E-state index in [1.807, 2.05) is 0 Å². The highest BCUT2D eigenvalue weighted by Gasteiger charge is 2.07. The Morgan fingerprint density at radius 1 is 1.57 bits per heavy atom. The molecule has 1 saturated heterocycles. The largest absolute Gasteiger partial charge is 0.412 e. The molecule has 2 nitrogen and oxygen atoms in total. The fraction of sp³-hybridized carbons (Fsp3) is 1.00. The second kappa shape index (κ2) is 2.99. The Labute approximate surface area is 43.8 Å². The molecule has 1 aliphatic heterocycles. The molecule has 0 aliphatic carbocycles. The van der Waals surface area contributed by atoms with Crippen LogP contribution in [0.2, 0.25) is 0 Å². The van der Waals surface area contributed by atoms with Gasteiger partial charge in [0, 0.05) is 13.2 Å². The Kier molecular flexibility index (Phi) is 2.96. The first kappa shape index (κ1) is 6.92. The highest BCUT2D eigenvalue weighted by molar-refractivity contribution is 4.55. The summed E-state index contributed by atoms with van der Waals surface area (Å²) >= 11 is 0. The zero-order valence-electron chi connectivity index (χ0n) is 4.61. The zero-order chi connectivity index (χ0) is 4.41. The third-order valence-electron chi connectivity index (χ3n) is 1.16. The molecule has 1 atom stereocenters. The van der Waals surface area contributed by atoms with Gasteiger partial charge in [-0.25, -0.2) is 0 Å². The second-order valence-corrected chi connectivity index (χ2v) is 1.97. The van der Waals surface area contributed by atoms with E-state index in [9.17, 15) is 0 Å². The Hall–Kier alpha value is -0.0800. The summed E-state index contributed by atoms with van der Waals surface area (Å²) in [7, 11) is 0. The molecule has 2 N–H and O–H groups in total. The minimum Gasteiger partial charge on any atom is -0.412 e. The lowest BCUT2D eigenvalue weighted by molar-refractivity contribution is 0.188. The molecule has 0 radical (unpaired) electrons. The van der Waals surface area contributed by atoms with Crippen LogP contribution < -0.4 is 0 Å². The van der Waals surface area contributed by atoms with Gasteiger partial charge in [0.2, 0.25) is 0 Å². The topological polar surface area (TPSA) is 40.7 Å². The van der Waals surface area contributed by atoms with Gasteiger partial charge in [-0.2, -0.15) is 0 Å². The molecule has 0 aromatic rings. The molecule has 1 unspecified atom stereocenters. The van der Waals surface area contributed by atoms with Crippen LogP contribution in [-0.2, 0) is 4.74 Å². The molecule has 44 valence electrons. The summed E-state index contributed by atoms with van der Waals surface area (Å²) < 4.78 is 5.06. The summed E-state index contributed by atoms with van der Waals surface area (Å²) in [5, 5.41) is 0. The molecule has 0 bridgehead atoms. The summed E-state index contributed by atoms with van der Waals surface area (Å²) in [6, 6.07) is 0. The van der Waals surface area contributed by atoms with E-state index >= 15 is 0 Å². The van der Waals surface area contributed by atoms with E-state index < -0.39 is 0 Å². The third kappa shape index (κ3) is 1.90. The van der Waals surface area contributed by atoms with Crippen LogP contribution in [0.25, 0.3) is 0 Å². The van der Waals surface area contributed by atoms with Crippen molar-refractivity contribution in [1.29, 1.82) is 0 Å². The smallest absolute Gasteiger partial charge is 0.0492 e. The van der Waals surface area contributed by atoms with Gasteiger partial charge in [0.05, 0.1) is 0 Å². The maximum absolute atomic E-state index is 5.06. The zero-order valence-corrected chi connectivity index (χ0v) is 4.61. The Bertz CT molecular complexity index is 39.3. The molecular weight excluding hydrogens is 92.1 g/mol. The van der Waals surface area contributed by atoms with Gasteiger partial charge >= 0.3 is 0 Å². The summed E-state index contributed by atoms with van der Waals surface area (Å²) in [6.07, 6.45) is 1.26. The first-order valence-corrected chi connectivity index (χ1v) is 2.47. The first-order chi connectivity index (χ1) is 2.89. The lowest BCUT2D eigenvalue weighted by atomic mass is 10.2. The van der Waals surface area contributed by atoms with Gasteiger partial charge in [0.1, 0.15) is 0 Å². The number of hydrogen-bond acceptors (Lipinski definition) is 1. The normalized spacial score (nSPS) is 29.6. The maximum Gasteiger partial charge on any atom is 0.0492 e. The highest BCUT2D eigenvalue weighted by Crippen LogP contribution is 2.09. The summed E-state index contributed by atoms with van der Waals surface area (Å²) in [5.74, 6) is 0.824. The molecule has 0 aromatic carbocycles. The molecule has 0 amide bonds. The quantitative estimate of drug-likeness (QED) is 0.433. The second-order valence-electron chi connectivity index (χ2n) is 1.97. The Morgan fingerprint density at radius 3 is 2.43 bits per heavy atom. The van der Waals surface area contributed by atoms with E-state index in [0.717, 1.165) is 19.1 Å². The molecular formula is C5H12O2. The van der Waals surface area contributed by atoms with E-state index in [2.05, 4.69) is 6.92 Å². The van der Waals surface area contributed by atoms with Gasteiger partial charge in [-0.15, -0.1) is 0 Å². The molecule has 1 rings (SSSR count). The third-order valence-corrected chi connectivity index (χ3v) is 1.16. The van der Waals surface area contributed by atoms with Crippen LogP contribution >= 0.6 is 0 Å². The van der Waals surface area contributed by atoms with Gasteiger partial charge in [-0.3, -0.25) is 0 Å². The molecule has 0 saturated carbocycles. The summed E-state index contributed by atoms with van der Waals surface area (Å²) in [5.41, 5.74) is 0. The molecule has 7 heavy (non-hydrogen) atoms. The highest BCUT2D eigenvalue weighted by atomic mass is 16.5. The average Bonchev–Trinajstić information content (AvgIpc) is 1.86. The molecule has 1 heterocycles. The van der Waals surface area contributed by atoms with Crippen LogP contribution in [0.15, 0.2) is 0 Å². The van der Waals surface area contributed by atoms with Crippen molar-refractivity contribution in [1.82, 2.24) is 0 Å².